The molecule has 2 N–H and O–H groups in total. The van der Waals surface area contributed by atoms with Crippen LogP contribution >= 0.6 is 0 Å². The highest BCUT2D eigenvalue weighted by molar-refractivity contribution is 5.73. The molecule has 2 aliphatic heterocycles. The molecule has 0 unspecified atom stereocenters. The average Bonchev–Trinajstić information content (AvgIpc) is 2.95. The van der Waals surface area contributed by atoms with Crippen LogP contribution in [0.2, 0.25) is 0 Å². The van der Waals surface area contributed by atoms with Gasteiger partial charge in [-0.25, -0.2) is 4.79 Å². The molecular formula is C16H28N6O. The van der Waals surface area contributed by atoms with Gasteiger partial charge in [-0.2, -0.15) is 5.10 Å². The van der Waals surface area contributed by atoms with Crippen molar-refractivity contribution in [3.05, 3.63) is 17.5 Å². The number of carbonyl (C=O) groups is 1. The van der Waals surface area contributed by atoms with Crippen LogP contribution in [0.15, 0.2) is 6.07 Å². The molecule has 7 nitrogen and oxygen atoms in total. The smallest absolute Gasteiger partial charge is 0.317 e. The van der Waals surface area contributed by atoms with Crippen molar-refractivity contribution in [3.8, 4) is 0 Å². The number of urea groups is 1. The number of carbonyl (C=O) groups excluding carboxylic acids is 1. The summed E-state index contributed by atoms with van der Waals surface area (Å²) in [5, 5.41) is 11.0. The molecular weight excluding hydrogens is 292 g/mol. The molecule has 2 aliphatic rings. The van der Waals surface area contributed by atoms with Gasteiger partial charge in [0.1, 0.15) is 0 Å². The average molecular weight is 320 g/mol. The molecule has 0 saturated carbocycles. The molecule has 1 aromatic rings. The van der Waals surface area contributed by atoms with Crippen LogP contribution in [0.5, 0.6) is 0 Å². The number of hydrogen-bond donors (Lipinski definition) is 2. The number of fused-ring (bicyclic) bond motifs is 1. The number of hydrogen-bond acceptors (Lipinski definition) is 4. The van der Waals surface area contributed by atoms with Crippen molar-refractivity contribution < 1.29 is 4.79 Å². The van der Waals surface area contributed by atoms with Gasteiger partial charge in [-0.05, 0) is 37.9 Å². The summed E-state index contributed by atoms with van der Waals surface area (Å²) in [5.41, 5.74) is 2.20. The van der Waals surface area contributed by atoms with E-state index in [1.165, 1.54) is 36.5 Å². The van der Waals surface area contributed by atoms with Gasteiger partial charge in [0.05, 0.1) is 24.5 Å². The lowest BCUT2D eigenvalue weighted by Gasteiger charge is -2.32. The predicted octanol–water partition coefficient (Wildman–Crippen LogP) is 0.470. The SMILES string of the molecule is CN(C)C(=O)NCc1cc2n(n1)CCN(C[C@@H]1CCCNC1)C2. The fourth-order valence-corrected chi connectivity index (χ4v) is 3.39. The highest BCUT2D eigenvalue weighted by Crippen LogP contribution is 2.18. The van der Waals surface area contributed by atoms with Crippen LogP contribution in [0, 0.1) is 5.92 Å². The summed E-state index contributed by atoms with van der Waals surface area (Å²) in [7, 11) is 3.48. The van der Waals surface area contributed by atoms with E-state index >= 15 is 0 Å². The van der Waals surface area contributed by atoms with E-state index in [2.05, 4.69) is 31.4 Å². The molecule has 1 aromatic heterocycles. The number of aromatic nitrogens is 2. The maximum atomic E-state index is 11.6. The first-order chi connectivity index (χ1) is 11.1. The first-order valence-corrected chi connectivity index (χ1v) is 8.55. The molecule has 0 spiro atoms. The second kappa shape index (κ2) is 7.31. The molecule has 0 radical (unpaired) electrons. The summed E-state index contributed by atoms with van der Waals surface area (Å²) in [6.45, 7) is 6.95. The van der Waals surface area contributed by atoms with Crippen LogP contribution in [-0.2, 0) is 19.6 Å². The highest BCUT2D eigenvalue weighted by Gasteiger charge is 2.22. The maximum absolute atomic E-state index is 11.6. The van der Waals surface area contributed by atoms with Crippen molar-refractivity contribution in [1.82, 2.24) is 30.2 Å². The van der Waals surface area contributed by atoms with E-state index in [0.717, 1.165) is 37.8 Å². The Bertz CT molecular complexity index is 535. The van der Waals surface area contributed by atoms with E-state index < -0.39 is 0 Å². The summed E-state index contributed by atoms with van der Waals surface area (Å²) in [4.78, 5) is 15.7. The Labute approximate surface area is 138 Å². The van der Waals surface area contributed by atoms with Crippen LogP contribution in [0.4, 0.5) is 4.79 Å². The monoisotopic (exact) mass is 320 g/mol. The Morgan fingerprint density at radius 2 is 2.35 bits per heavy atom. The normalized spacial score (nSPS) is 21.7. The van der Waals surface area contributed by atoms with E-state index in [-0.39, 0.29) is 6.03 Å². The highest BCUT2D eigenvalue weighted by atomic mass is 16.2. The number of rotatable bonds is 4. The minimum Gasteiger partial charge on any atom is -0.332 e. The van der Waals surface area contributed by atoms with Crippen LogP contribution in [0.3, 0.4) is 0 Å². The third-order valence-corrected chi connectivity index (χ3v) is 4.67. The van der Waals surface area contributed by atoms with Gasteiger partial charge in [0.15, 0.2) is 0 Å². The van der Waals surface area contributed by atoms with Crippen LogP contribution in [0.25, 0.3) is 0 Å². The van der Waals surface area contributed by atoms with Gasteiger partial charge in [-0.3, -0.25) is 9.58 Å². The van der Waals surface area contributed by atoms with E-state index in [1.54, 1.807) is 14.1 Å². The minimum absolute atomic E-state index is 0.0811. The first kappa shape index (κ1) is 16.3. The molecule has 3 rings (SSSR count). The van der Waals surface area contributed by atoms with Gasteiger partial charge in [-0.15, -0.1) is 0 Å². The lowest BCUT2D eigenvalue weighted by Crippen LogP contribution is -2.41. The fourth-order valence-electron chi connectivity index (χ4n) is 3.39. The second-order valence-corrected chi connectivity index (χ2v) is 6.85. The van der Waals surface area contributed by atoms with Crippen molar-refractivity contribution in [2.75, 3.05) is 40.3 Å². The maximum Gasteiger partial charge on any atom is 0.317 e. The zero-order valence-corrected chi connectivity index (χ0v) is 14.2. The standard InChI is InChI=1S/C16H28N6O/c1-20(2)16(23)18-10-14-8-15-12-21(6-7-22(15)19-14)11-13-4-3-5-17-9-13/h8,13,17H,3-7,9-12H2,1-2H3,(H,18,23)/t13-/m1/s1. The van der Waals surface area contributed by atoms with E-state index in [1.807, 2.05) is 0 Å². The van der Waals surface area contributed by atoms with E-state index in [4.69, 9.17) is 0 Å². The molecule has 2 amide bonds. The summed E-state index contributed by atoms with van der Waals surface area (Å²) >= 11 is 0. The molecule has 23 heavy (non-hydrogen) atoms. The molecule has 7 heteroatoms. The molecule has 0 aliphatic carbocycles. The number of piperidine rings is 1. The summed E-state index contributed by atoms with van der Waals surface area (Å²) in [6, 6.07) is 2.05. The van der Waals surface area contributed by atoms with Crippen LogP contribution in [-0.4, -0.2) is 65.9 Å². The molecule has 128 valence electrons. The zero-order valence-electron chi connectivity index (χ0n) is 14.2. The zero-order chi connectivity index (χ0) is 16.2. The van der Waals surface area contributed by atoms with Gasteiger partial charge in [0, 0.05) is 33.7 Å². The fraction of sp³-hybridized carbons (Fsp3) is 0.750. The van der Waals surface area contributed by atoms with Gasteiger partial charge in [-0.1, -0.05) is 0 Å². The van der Waals surface area contributed by atoms with Gasteiger partial charge in [0.25, 0.3) is 0 Å². The topological polar surface area (TPSA) is 65.4 Å². The third-order valence-electron chi connectivity index (χ3n) is 4.67. The van der Waals surface area contributed by atoms with Gasteiger partial charge >= 0.3 is 6.03 Å². The molecule has 1 fully saturated rings. The first-order valence-electron chi connectivity index (χ1n) is 8.55. The summed E-state index contributed by atoms with van der Waals surface area (Å²) < 4.78 is 2.09. The van der Waals surface area contributed by atoms with Crippen LogP contribution in [0.1, 0.15) is 24.2 Å². The number of nitrogens with one attached hydrogen (secondary N) is 2. The number of amides is 2. The lowest BCUT2D eigenvalue weighted by molar-refractivity contribution is 0.168. The van der Waals surface area contributed by atoms with E-state index in [9.17, 15) is 4.79 Å². The molecule has 3 heterocycles. The predicted molar refractivity (Wildman–Crippen MR) is 89.0 cm³/mol. The van der Waals surface area contributed by atoms with Gasteiger partial charge < -0.3 is 15.5 Å². The van der Waals surface area contributed by atoms with Crippen molar-refractivity contribution in [2.45, 2.75) is 32.5 Å². The summed E-state index contributed by atoms with van der Waals surface area (Å²) in [6.07, 6.45) is 2.64. The number of nitrogens with zero attached hydrogens (tertiary/aromatic N) is 4. The molecule has 1 saturated heterocycles. The quantitative estimate of drug-likeness (QED) is 0.846. The Morgan fingerprint density at radius 1 is 1.48 bits per heavy atom. The van der Waals surface area contributed by atoms with Gasteiger partial charge in [0.2, 0.25) is 0 Å². The second-order valence-electron chi connectivity index (χ2n) is 6.85. The Morgan fingerprint density at radius 3 is 3.09 bits per heavy atom. The van der Waals surface area contributed by atoms with Crippen molar-refractivity contribution in [2.24, 2.45) is 5.92 Å². The molecule has 1 atom stereocenters. The molecule has 0 bridgehead atoms. The van der Waals surface area contributed by atoms with Crippen LogP contribution < -0.4 is 10.6 Å². The van der Waals surface area contributed by atoms with Crippen molar-refractivity contribution >= 4 is 6.03 Å². The Balaban J connectivity index is 1.53. The molecule has 0 aromatic carbocycles. The van der Waals surface area contributed by atoms with Crippen molar-refractivity contribution in [3.63, 3.8) is 0 Å². The lowest BCUT2D eigenvalue weighted by atomic mass is 9.99. The van der Waals surface area contributed by atoms with E-state index in [0.29, 0.717) is 6.54 Å². The van der Waals surface area contributed by atoms with Crippen molar-refractivity contribution in [1.29, 1.82) is 0 Å². The summed E-state index contributed by atoms with van der Waals surface area (Å²) in [5.74, 6) is 0.775. The minimum atomic E-state index is -0.0811. The third kappa shape index (κ3) is 4.23. The largest absolute Gasteiger partial charge is 0.332 e. The Kier molecular flexibility index (Phi) is 5.17. The Hall–Kier alpha value is -1.60.